The van der Waals surface area contributed by atoms with Crippen LogP contribution >= 0.6 is 0 Å². The molecule has 1 aliphatic rings. The van der Waals surface area contributed by atoms with Crippen LogP contribution in [0.15, 0.2) is 42.5 Å². The molecule has 1 aliphatic heterocycles. The number of carbonyl (C=O) groups is 4. The van der Waals surface area contributed by atoms with Crippen molar-refractivity contribution < 1.29 is 46.6 Å². The zero-order valence-electron chi connectivity index (χ0n) is 17.8. The predicted octanol–water partition coefficient (Wildman–Crippen LogP) is 3.01. The topological polar surface area (TPSA) is 111 Å². The van der Waals surface area contributed by atoms with Gasteiger partial charge in [0.2, 0.25) is 0 Å². The molecule has 3 amide bonds. The smallest absolute Gasteiger partial charge is 0.452 e. The zero-order chi connectivity index (χ0) is 24.9. The van der Waals surface area contributed by atoms with Crippen molar-refractivity contribution in [1.82, 2.24) is 4.90 Å². The van der Waals surface area contributed by atoms with E-state index in [9.17, 15) is 32.3 Å². The van der Waals surface area contributed by atoms with E-state index >= 15 is 0 Å². The Hall–Kier alpha value is -3.93. The van der Waals surface area contributed by atoms with Gasteiger partial charge in [-0.1, -0.05) is 0 Å². The Morgan fingerprint density at radius 2 is 1.68 bits per heavy atom. The molecular formula is C22H19F3N2O7. The average Bonchev–Trinajstić information content (AvgIpc) is 3.02. The average molecular weight is 480 g/mol. The molecule has 0 fully saturated rings. The maximum atomic E-state index is 12.5. The molecule has 2 aromatic carbocycles. The lowest BCUT2D eigenvalue weighted by molar-refractivity contribution is -0.274. The molecule has 34 heavy (non-hydrogen) atoms. The molecule has 0 saturated heterocycles. The molecule has 180 valence electrons. The molecule has 0 aromatic heterocycles. The summed E-state index contributed by atoms with van der Waals surface area (Å²) in [6, 6.07) is 8.26. The zero-order valence-corrected chi connectivity index (χ0v) is 17.8. The Morgan fingerprint density at radius 1 is 1.00 bits per heavy atom. The quantitative estimate of drug-likeness (QED) is 0.334. The summed E-state index contributed by atoms with van der Waals surface area (Å²) in [6.45, 7) is -0.144. The summed E-state index contributed by atoms with van der Waals surface area (Å²) >= 11 is 0. The van der Waals surface area contributed by atoms with Crippen molar-refractivity contribution >= 4 is 29.4 Å². The summed E-state index contributed by atoms with van der Waals surface area (Å²) in [7, 11) is 1.50. The molecular weight excluding hydrogens is 461 g/mol. The minimum absolute atomic E-state index is 0.0277. The fourth-order valence-corrected chi connectivity index (χ4v) is 3.14. The number of hydrogen-bond donors (Lipinski definition) is 1. The van der Waals surface area contributed by atoms with Gasteiger partial charge >= 0.3 is 12.3 Å². The molecule has 3 rings (SSSR count). The van der Waals surface area contributed by atoms with Crippen LogP contribution in [0.1, 0.15) is 37.5 Å². The maximum Gasteiger partial charge on any atom is 0.573 e. The third-order valence-electron chi connectivity index (χ3n) is 4.64. The number of fused-ring (bicyclic) bond motifs is 1. The van der Waals surface area contributed by atoms with Gasteiger partial charge in [0.15, 0.2) is 6.61 Å². The molecule has 0 radical (unpaired) electrons. The second-order valence-corrected chi connectivity index (χ2v) is 7.07. The third-order valence-corrected chi connectivity index (χ3v) is 4.64. The molecule has 1 N–H and O–H groups in total. The third kappa shape index (κ3) is 6.10. The van der Waals surface area contributed by atoms with Crippen molar-refractivity contribution in [2.45, 2.75) is 12.8 Å². The van der Waals surface area contributed by atoms with Gasteiger partial charge in [-0.2, -0.15) is 0 Å². The molecule has 0 bridgehead atoms. The number of nitrogens with one attached hydrogen (secondary N) is 1. The second kappa shape index (κ2) is 10.3. The minimum Gasteiger partial charge on any atom is -0.452 e. The molecule has 0 atom stereocenters. The van der Waals surface area contributed by atoms with E-state index < -0.39 is 42.4 Å². The SMILES string of the molecule is COCCCN1C(=O)c2ccc(C(=O)OCC(=O)Nc3ccc(OC(F)(F)F)cc3)cc2C1=O. The number of rotatable bonds is 9. The van der Waals surface area contributed by atoms with Crippen LogP contribution in [-0.4, -0.2) is 61.8 Å². The highest BCUT2D eigenvalue weighted by atomic mass is 19.4. The number of hydrogen-bond acceptors (Lipinski definition) is 7. The minimum atomic E-state index is -4.84. The first-order valence-electron chi connectivity index (χ1n) is 9.91. The van der Waals surface area contributed by atoms with E-state index in [1.165, 1.54) is 37.4 Å². The van der Waals surface area contributed by atoms with Crippen LogP contribution in [0.25, 0.3) is 0 Å². The number of halogens is 3. The monoisotopic (exact) mass is 480 g/mol. The van der Waals surface area contributed by atoms with Gasteiger partial charge < -0.3 is 19.5 Å². The number of methoxy groups -OCH3 is 1. The van der Waals surface area contributed by atoms with Gasteiger partial charge in [0.1, 0.15) is 5.75 Å². The van der Waals surface area contributed by atoms with Crippen molar-refractivity contribution in [3.05, 3.63) is 59.2 Å². The van der Waals surface area contributed by atoms with Gasteiger partial charge in [-0.25, -0.2) is 4.79 Å². The highest BCUT2D eigenvalue weighted by Crippen LogP contribution is 2.25. The fraction of sp³-hybridized carbons (Fsp3) is 0.273. The first-order valence-corrected chi connectivity index (χ1v) is 9.91. The fourth-order valence-electron chi connectivity index (χ4n) is 3.14. The molecule has 1 heterocycles. The molecule has 2 aromatic rings. The number of carbonyl (C=O) groups excluding carboxylic acids is 4. The number of amides is 3. The van der Waals surface area contributed by atoms with Crippen molar-refractivity contribution in [2.75, 3.05) is 32.2 Å². The van der Waals surface area contributed by atoms with Gasteiger partial charge in [0.25, 0.3) is 17.7 Å². The van der Waals surface area contributed by atoms with E-state index in [4.69, 9.17) is 9.47 Å². The van der Waals surface area contributed by atoms with Crippen LogP contribution in [0.4, 0.5) is 18.9 Å². The van der Waals surface area contributed by atoms with E-state index in [0.717, 1.165) is 17.0 Å². The Bertz CT molecular complexity index is 1100. The van der Waals surface area contributed by atoms with Crippen LogP contribution in [0.5, 0.6) is 5.75 Å². The number of alkyl halides is 3. The number of anilines is 1. The molecule has 0 saturated carbocycles. The lowest BCUT2D eigenvalue weighted by atomic mass is 10.1. The highest BCUT2D eigenvalue weighted by molar-refractivity contribution is 6.22. The Balaban J connectivity index is 1.55. The van der Waals surface area contributed by atoms with E-state index in [-0.39, 0.29) is 28.9 Å². The van der Waals surface area contributed by atoms with Crippen molar-refractivity contribution in [3.8, 4) is 5.75 Å². The summed E-state index contributed by atoms with van der Waals surface area (Å²) in [4.78, 5) is 50.3. The maximum absolute atomic E-state index is 12.5. The molecule has 0 spiro atoms. The van der Waals surface area contributed by atoms with E-state index in [1.807, 2.05) is 0 Å². The van der Waals surface area contributed by atoms with Crippen LogP contribution in [0.3, 0.4) is 0 Å². The van der Waals surface area contributed by atoms with Crippen molar-refractivity contribution in [3.63, 3.8) is 0 Å². The van der Waals surface area contributed by atoms with Gasteiger partial charge in [-0.15, -0.1) is 13.2 Å². The Labute approximate surface area is 191 Å². The molecule has 0 aliphatic carbocycles. The van der Waals surface area contributed by atoms with Crippen LogP contribution < -0.4 is 10.1 Å². The Morgan fingerprint density at radius 3 is 2.32 bits per heavy atom. The van der Waals surface area contributed by atoms with Gasteiger partial charge in [0.05, 0.1) is 16.7 Å². The van der Waals surface area contributed by atoms with Crippen LogP contribution in [-0.2, 0) is 14.3 Å². The molecule has 9 nitrogen and oxygen atoms in total. The number of ether oxygens (including phenoxy) is 3. The number of imide groups is 1. The normalized spacial score (nSPS) is 13.0. The summed E-state index contributed by atoms with van der Waals surface area (Å²) in [5.74, 6) is -3.11. The first-order chi connectivity index (χ1) is 16.1. The number of esters is 1. The number of nitrogens with zero attached hydrogens (tertiary/aromatic N) is 1. The lowest BCUT2D eigenvalue weighted by Crippen LogP contribution is -2.31. The highest BCUT2D eigenvalue weighted by Gasteiger charge is 2.35. The van der Waals surface area contributed by atoms with Gasteiger partial charge in [-0.3, -0.25) is 19.3 Å². The van der Waals surface area contributed by atoms with E-state index in [0.29, 0.717) is 13.0 Å². The van der Waals surface area contributed by atoms with E-state index in [1.54, 1.807) is 0 Å². The summed E-state index contributed by atoms with van der Waals surface area (Å²) in [5.41, 5.74) is 0.350. The Kier molecular flexibility index (Phi) is 7.51. The standard InChI is InChI=1S/C22H19F3N2O7/c1-32-10-2-9-27-19(29)16-8-3-13(11-17(16)20(27)30)21(31)33-12-18(28)26-14-4-6-15(7-5-14)34-22(23,24)25/h3-8,11H,2,9-10,12H2,1H3,(H,26,28). The summed E-state index contributed by atoms with van der Waals surface area (Å²) in [6.07, 6.45) is -4.37. The number of benzene rings is 2. The van der Waals surface area contributed by atoms with E-state index in [2.05, 4.69) is 10.1 Å². The molecule has 0 unspecified atom stereocenters. The largest absolute Gasteiger partial charge is 0.573 e. The lowest BCUT2D eigenvalue weighted by Gasteiger charge is -2.12. The summed E-state index contributed by atoms with van der Waals surface area (Å²) < 4.78 is 50.1. The first kappa shape index (κ1) is 24.7. The van der Waals surface area contributed by atoms with Crippen LogP contribution in [0, 0.1) is 0 Å². The predicted molar refractivity (Wildman–Crippen MR) is 110 cm³/mol. The van der Waals surface area contributed by atoms with Crippen molar-refractivity contribution in [1.29, 1.82) is 0 Å². The van der Waals surface area contributed by atoms with Crippen LogP contribution in [0.2, 0.25) is 0 Å². The van der Waals surface area contributed by atoms with Crippen molar-refractivity contribution in [2.24, 2.45) is 0 Å². The molecule has 12 heteroatoms. The van der Waals surface area contributed by atoms with Gasteiger partial charge in [-0.05, 0) is 48.9 Å². The van der Waals surface area contributed by atoms with Gasteiger partial charge in [0, 0.05) is 25.9 Å². The second-order valence-electron chi connectivity index (χ2n) is 7.07. The summed E-state index contributed by atoms with van der Waals surface area (Å²) in [5, 5.41) is 2.35.